The van der Waals surface area contributed by atoms with Gasteiger partial charge in [0.15, 0.2) is 0 Å². The minimum Gasteiger partial charge on any atom is -0.329 e. The maximum absolute atomic E-state index is 5.90. The molecule has 0 saturated heterocycles. The Hall–Kier alpha value is -1.42. The molecule has 0 spiro atoms. The van der Waals surface area contributed by atoms with Crippen LogP contribution in [0.5, 0.6) is 0 Å². The molecule has 0 aliphatic rings. The predicted octanol–water partition coefficient (Wildman–Crippen LogP) is 2.87. The van der Waals surface area contributed by atoms with E-state index in [0.29, 0.717) is 6.54 Å². The molecule has 2 N–H and O–H groups in total. The first kappa shape index (κ1) is 14.0. The number of likely N-dealkylation sites (N-methyl/N-ethyl adjacent to an activating group) is 1. The molecule has 19 heavy (non-hydrogen) atoms. The minimum absolute atomic E-state index is 0.193. The quantitative estimate of drug-likeness (QED) is 0.912. The molecule has 1 aromatic carbocycles. The highest BCUT2D eigenvalue weighted by atomic mass is 35.5. The number of rotatable bonds is 5. The summed E-state index contributed by atoms with van der Waals surface area (Å²) in [5, 5.41) is 0.760. The van der Waals surface area contributed by atoms with Crippen LogP contribution in [0.4, 0.5) is 0 Å². The van der Waals surface area contributed by atoms with Crippen molar-refractivity contribution in [2.75, 3.05) is 13.6 Å². The first-order chi connectivity index (χ1) is 9.20. The lowest BCUT2D eigenvalue weighted by Gasteiger charge is -2.27. The second-order valence-electron chi connectivity index (χ2n) is 4.57. The second kappa shape index (κ2) is 6.66. The van der Waals surface area contributed by atoms with Gasteiger partial charge in [0.05, 0.1) is 0 Å². The summed E-state index contributed by atoms with van der Waals surface area (Å²) in [5.41, 5.74) is 8.31. The van der Waals surface area contributed by atoms with Crippen molar-refractivity contribution in [1.29, 1.82) is 0 Å². The molecule has 4 heteroatoms. The summed E-state index contributed by atoms with van der Waals surface area (Å²) >= 11 is 5.89. The minimum atomic E-state index is 0.193. The molecule has 0 fully saturated rings. The average molecular weight is 276 g/mol. The van der Waals surface area contributed by atoms with Gasteiger partial charge >= 0.3 is 0 Å². The lowest BCUT2D eigenvalue weighted by Crippen LogP contribution is -2.30. The van der Waals surface area contributed by atoms with E-state index in [2.05, 4.69) is 16.9 Å². The summed E-state index contributed by atoms with van der Waals surface area (Å²) in [4.78, 5) is 6.28. The van der Waals surface area contributed by atoms with Crippen LogP contribution in [-0.4, -0.2) is 23.5 Å². The van der Waals surface area contributed by atoms with Crippen LogP contribution in [0, 0.1) is 0 Å². The molecule has 0 bridgehead atoms. The van der Waals surface area contributed by atoms with Gasteiger partial charge in [0.1, 0.15) is 0 Å². The third kappa shape index (κ3) is 3.77. The van der Waals surface area contributed by atoms with Gasteiger partial charge in [-0.15, -0.1) is 0 Å². The van der Waals surface area contributed by atoms with Gasteiger partial charge in [-0.1, -0.05) is 23.7 Å². The van der Waals surface area contributed by atoms with E-state index in [1.165, 1.54) is 11.1 Å². The third-order valence-corrected chi connectivity index (χ3v) is 3.44. The van der Waals surface area contributed by atoms with E-state index in [1.807, 2.05) is 36.4 Å². The number of hydrogen-bond donors (Lipinski definition) is 1. The van der Waals surface area contributed by atoms with Crippen molar-refractivity contribution < 1.29 is 0 Å². The van der Waals surface area contributed by atoms with Crippen LogP contribution in [0.15, 0.2) is 48.8 Å². The number of aromatic nitrogens is 1. The molecule has 2 aromatic rings. The van der Waals surface area contributed by atoms with E-state index >= 15 is 0 Å². The summed E-state index contributed by atoms with van der Waals surface area (Å²) < 4.78 is 0. The Balaban J connectivity index is 2.09. The molecule has 3 nitrogen and oxygen atoms in total. The van der Waals surface area contributed by atoms with Gasteiger partial charge in [-0.05, 0) is 42.4 Å². The zero-order valence-corrected chi connectivity index (χ0v) is 11.7. The van der Waals surface area contributed by atoms with Crippen molar-refractivity contribution in [3.05, 3.63) is 64.9 Å². The van der Waals surface area contributed by atoms with Crippen molar-refractivity contribution in [2.45, 2.75) is 12.6 Å². The molecule has 0 aliphatic carbocycles. The maximum atomic E-state index is 5.90. The standard InChI is InChI=1S/C15H18ClN3/c1-19(11-12-2-4-14(16)5-3-12)15(10-17)13-6-8-18-9-7-13/h2-9,15H,10-11,17H2,1H3. The van der Waals surface area contributed by atoms with Gasteiger partial charge in [-0.25, -0.2) is 0 Å². The molecule has 0 saturated carbocycles. The van der Waals surface area contributed by atoms with Crippen LogP contribution in [0.25, 0.3) is 0 Å². The molecule has 2 rings (SSSR count). The molecule has 1 heterocycles. The summed E-state index contributed by atoms with van der Waals surface area (Å²) in [6.07, 6.45) is 3.60. The molecule has 1 atom stereocenters. The van der Waals surface area contributed by atoms with Crippen molar-refractivity contribution in [2.24, 2.45) is 5.73 Å². The highest BCUT2D eigenvalue weighted by Gasteiger charge is 2.15. The first-order valence-corrected chi connectivity index (χ1v) is 6.63. The number of nitrogens with zero attached hydrogens (tertiary/aromatic N) is 2. The summed E-state index contributed by atoms with van der Waals surface area (Å²) in [5.74, 6) is 0. The normalized spacial score (nSPS) is 12.6. The van der Waals surface area contributed by atoms with Gasteiger partial charge < -0.3 is 5.73 Å². The Morgan fingerprint density at radius 2 is 1.79 bits per heavy atom. The van der Waals surface area contributed by atoms with Crippen LogP contribution in [0.3, 0.4) is 0 Å². The molecule has 0 aliphatic heterocycles. The highest BCUT2D eigenvalue weighted by molar-refractivity contribution is 6.30. The Morgan fingerprint density at radius 3 is 2.37 bits per heavy atom. The van der Waals surface area contributed by atoms with Gasteiger partial charge in [-0.2, -0.15) is 0 Å². The van der Waals surface area contributed by atoms with Gasteiger partial charge in [0.25, 0.3) is 0 Å². The molecule has 0 amide bonds. The van der Waals surface area contributed by atoms with Crippen molar-refractivity contribution in [1.82, 2.24) is 9.88 Å². The zero-order valence-electron chi connectivity index (χ0n) is 11.0. The highest BCUT2D eigenvalue weighted by Crippen LogP contribution is 2.20. The lowest BCUT2D eigenvalue weighted by molar-refractivity contribution is 0.241. The monoisotopic (exact) mass is 275 g/mol. The Kier molecular flexibility index (Phi) is 4.91. The molecular formula is C15H18ClN3. The Bertz CT molecular complexity index is 499. The van der Waals surface area contributed by atoms with Crippen LogP contribution >= 0.6 is 11.6 Å². The van der Waals surface area contributed by atoms with E-state index in [1.54, 1.807) is 12.4 Å². The van der Waals surface area contributed by atoms with E-state index < -0.39 is 0 Å². The fraction of sp³-hybridized carbons (Fsp3) is 0.267. The molecular weight excluding hydrogens is 258 g/mol. The zero-order chi connectivity index (χ0) is 13.7. The van der Waals surface area contributed by atoms with Crippen LogP contribution in [0.2, 0.25) is 5.02 Å². The predicted molar refractivity (Wildman–Crippen MR) is 79.0 cm³/mol. The first-order valence-electron chi connectivity index (χ1n) is 6.25. The van der Waals surface area contributed by atoms with E-state index in [-0.39, 0.29) is 6.04 Å². The second-order valence-corrected chi connectivity index (χ2v) is 5.01. The van der Waals surface area contributed by atoms with E-state index in [4.69, 9.17) is 17.3 Å². The summed E-state index contributed by atoms with van der Waals surface area (Å²) in [7, 11) is 2.08. The van der Waals surface area contributed by atoms with E-state index in [0.717, 1.165) is 11.6 Å². The lowest BCUT2D eigenvalue weighted by atomic mass is 10.1. The number of hydrogen-bond acceptors (Lipinski definition) is 3. The van der Waals surface area contributed by atoms with Crippen LogP contribution in [-0.2, 0) is 6.54 Å². The fourth-order valence-electron chi connectivity index (χ4n) is 2.14. The maximum Gasteiger partial charge on any atom is 0.0472 e. The number of benzene rings is 1. The average Bonchev–Trinajstić information content (AvgIpc) is 2.43. The number of halogens is 1. The Morgan fingerprint density at radius 1 is 1.16 bits per heavy atom. The summed E-state index contributed by atoms with van der Waals surface area (Å²) in [6, 6.07) is 12.1. The van der Waals surface area contributed by atoms with Gasteiger partial charge in [0, 0.05) is 36.5 Å². The van der Waals surface area contributed by atoms with Gasteiger partial charge in [-0.3, -0.25) is 9.88 Å². The summed E-state index contributed by atoms with van der Waals surface area (Å²) in [6.45, 7) is 1.41. The smallest absolute Gasteiger partial charge is 0.0472 e. The van der Waals surface area contributed by atoms with Crippen molar-refractivity contribution >= 4 is 11.6 Å². The van der Waals surface area contributed by atoms with E-state index in [9.17, 15) is 0 Å². The Labute approximate surface area is 119 Å². The fourth-order valence-corrected chi connectivity index (χ4v) is 2.27. The van der Waals surface area contributed by atoms with Crippen molar-refractivity contribution in [3.63, 3.8) is 0 Å². The number of pyridine rings is 1. The molecule has 1 aromatic heterocycles. The topological polar surface area (TPSA) is 42.1 Å². The van der Waals surface area contributed by atoms with Crippen molar-refractivity contribution in [3.8, 4) is 0 Å². The number of nitrogens with two attached hydrogens (primary N) is 1. The molecule has 1 unspecified atom stereocenters. The largest absolute Gasteiger partial charge is 0.329 e. The molecule has 100 valence electrons. The van der Waals surface area contributed by atoms with Crippen LogP contribution < -0.4 is 5.73 Å². The SMILES string of the molecule is CN(Cc1ccc(Cl)cc1)C(CN)c1ccncc1. The third-order valence-electron chi connectivity index (χ3n) is 3.19. The van der Waals surface area contributed by atoms with Gasteiger partial charge in [0.2, 0.25) is 0 Å². The molecule has 0 radical (unpaired) electrons. The van der Waals surface area contributed by atoms with Crippen LogP contribution in [0.1, 0.15) is 17.2 Å².